The van der Waals surface area contributed by atoms with Crippen molar-refractivity contribution in [3.05, 3.63) is 65.2 Å². The van der Waals surface area contributed by atoms with Gasteiger partial charge in [-0.15, -0.1) is 0 Å². The van der Waals surface area contributed by atoms with Gasteiger partial charge in [-0.3, -0.25) is 4.99 Å². The van der Waals surface area contributed by atoms with Gasteiger partial charge >= 0.3 is 0 Å². The Balaban J connectivity index is 1.82. The number of rotatable bonds is 8. The van der Waals surface area contributed by atoms with Crippen molar-refractivity contribution in [3.8, 4) is 5.75 Å². The van der Waals surface area contributed by atoms with Crippen molar-refractivity contribution in [3.63, 3.8) is 0 Å². The second-order valence-electron chi connectivity index (χ2n) is 6.46. The van der Waals surface area contributed by atoms with Gasteiger partial charge in [0.25, 0.3) is 0 Å². The van der Waals surface area contributed by atoms with E-state index < -0.39 is 0 Å². The summed E-state index contributed by atoms with van der Waals surface area (Å²) in [4.78, 5) is 6.50. The van der Waals surface area contributed by atoms with Crippen molar-refractivity contribution in [2.24, 2.45) is 4.99 Å². The van der Waals surface area contributed by atoms with Crippen LogP contribution in [0.3, 0.4) is 0 Å². The molecule has 0 aliphatic rings. The standard InChI is InChI=1S/C21H30N4O/c1-22-21(23-14-13-17-9-11-20(26-4)12-10-17)24-15-18-7-5-6-8-19(18)16-25(2)3/h5-12H,13-16H2,1-4H3,(H2,22,23,24). The SMILES string of the molecule is CN=C(NCCc1ccc(OC)cc1)NCc1ccccc1CN(C)C. The fraction of sp³-hybridized carbons (Fsp3) is 0.381. The van der Waals surface area contributed by atoms with Crippen LogP contribution in [0.25, 0.3) is 0 Å². The maximum Gasteiger partial charge on any atom is 0.191 e. The average Bonchev–Trinajstić information content (AvgIpc) is 2.65. The first-order valence-electron chi connectivity index (χ1n) is 8.91. The normalized spacial score (nSPS) is 11.5. The van der Waals surface area contributed by atoms with Crippen LogP contribution >= 0.6 is 0 Å². The third kappa shape index (κ3) is 6.41. The van der Waals surface area contributed by atoms with E-state index in [1.807, 2.05) is 12.1 Å². The van der Waals surface area contributed by atoms with Crippen LogP contribution in [0.5, 0.6) is 5.75 Å². The molecule has 5 heteroatoms. The molecule has 26 heavy (non-hydrogen) atoms. The fourth-order valence-electron chi connectivity index (χ4n) is 2.74. The second kappa shape index (κ2) is 10.5. The highest BCUT2D eigenvalue weighted by Gasteiger charge is 2.04. The van der Waals surface area contributed by atoms with Crippen LogP contribution in [-0.4, -0.2) is 45.7 Å². The first-order valence-corrected chi connectivity index (χ1v) is 8.91. The topological polar surface area (TPSA) is 48.9 Å². The summed E-state index contributed by atoms with van der Waals surface area (Å²) >= 11 is 0. The molecular formula is C21H30N4O. The molecular weight excluding hydrogens is 324 g/mol. The van der Waals surface area contributed by atoms with Crippen molar-refractivity contribution in [1.82, 2.24) is 15.5 Å². The molecule has 0 aromatic heterocycles. The Hall–Kier alpha value is -2.53. The monoisotopic (exact) mass is 354 g/mol. The van der Waals surface area contributed by atoms with E-state index in [1.165, 1.54) is 16.7 Å². The molecule has 0 radical (unpaired) electrons. The van der Waals surface area contributed by atoms with Gasteiger partial charge in [0.15, 0.2) is 5.96 Å². The zero-order valence-electron chi connectivity index (χ0n) is 16.2. The maximum absolute atomic E-state index is 5.19. The second-order valence-corrected chi connectivity index (χ2v) is 6.46. The Labute approximate surface area is 157 Å². The number of aliphatic imine (C=N–C) groups is 1. The van der Waals surface area contributed by atoms with E-state index >= 15 is 0 Å². The minimum absolute atomic E-state index is 0.756. The number of benzene rings is 2. The molecule has 0 heterocycles. The summed E-state index contributed by atoms with van der Waals surface area (Å²) in [6.45, 7) is 2.51. The quantitative estimate of drug-likeness (QED) is 0.565. The van der Waals surface area contributed by atoms with Gasteiger partial charge in [-0.25, -0.2) is 0 Å². The van der Waals surface area contributed by atoms with Crippen molar-refractivity contribution < 1.29 is 4.74 Å². The van der Waals surface area contributed by atoms with Crippen molar-refractivity contribution in [2.45, 2.75) is 19.5 Å². The molecule has 2 aromatic carbocycles. The van der Waals surface area contributed by atoms with Crippen molar-refractivity contribution >= 4 is 5.96 Å². The van der Waals surface area contributed by atoms with E-state index in [1.54, 1.807) is 14.2 Å². The first kappa shape index (κ1) is 19.8. The average molecular weight is 354 g/mol. The molecule has 140 valence electrons. The predicted molar refractivity (Wildman–Crippen MR) is 109 cm³/mol. The zero-order chi connectivity index (χ0) is 18.8. The highest BCUT2D eigenvalue weighted by atomic mass is 16.5. The third-order valence-corrected chi connectivity index (χ3v) is 4.14. The van der Waals surface area contributed by atoms with Crippen LogP contribution in [0.1, 0.15) is 16.7 Å². The van der Waals surface area contributed by atoms with Crippen LogP contribution in [0.4, 0.5) is 0 Å². The molecule has 2 N–H and O–H groups in total. The minimum Gasteiger partial charge on any atom is -0.497 e. The molecule has 0 fully saturated rings. The van der Waals surface area contributed by atoms with Gasteiger partial charge in [-0.2, -0.15) is 0 Å². The Kier molecular flexibility index (Phi) is 7.96. The molecule has 0 spiro atoms. The molecule has 0 saturated heterocycles. The van der Waals surface area contributed by atoms with Crippen molar-refractivity contribution in [1.29, 1.82) is 0 Å². The Morgan fingerprint density at radius 2 is 1.69 bits per heavy atom. The molecule has 0 amide bonds. The Bertz CT molecular complexity index is 695. The predicted octanol–water partition coefficient (Wildman–Crippen LogP) is 2.66. The molecule has 0 aliphatic heterocycles. The number of ether oxygens (including phenoxy) is 1. The fourth-order valence-corrected chi connectivity index (χ4v) is 2.74. The summed E-state index contributed by atoms with van der Waals surface area (Å²) in [5.41, 5.74) is 3.89. The molecule has 0 saturated carbocycles. The molecule has 0 aliphatic carbocycles. The van der Waals surface area contributed by atoms with Gasteiger partial charge in [-0.1, -0.05) is 36.4 Å². The number of hydrogen-bond acceptors (Lipinski definition) is 3. The highest BCUT2D eigenvalue weighted by Crippen LogP contribution is 2.12. The van der Waals surface area contributed by atoms with Gasteiger partial charge in [0, 0.05) is 26.7 Å². The maximum atomic E-state index is 5.19. The number of methoxy groups -OCH3 is 1. The number of nitrogens with one attached hydrogen (secondary N) is 2. The van der Waals surface area contributed by atoms with E-state index in [4.69, 9.17) is 4.74 Å². The summed E-state index contributed by atoms with van der Waals surface area (Å²) in [6, 6.07) is 16.7. The molecule has 5 nitrogen and oxygen atoms in total. The van der Waals surface area contributed by atoms with Gasteiger partial charge in [0.05, 0.1) is 7.11 Å². The lowest BCUT2D eigenvalue weighted by Gasteiger charge is -2.16. The van der Waals surface area contributed by atoms with Crippen LogP contribution in [-0.2, 0) is 19.5 Å². The summed E-state index contributed by atoms with van der Waals surface area (Å²) in [5, 5.41) is 6.78. The summed E-state index contributed by atoms with van der Waals surface area (Å²) in [7, 11) is 7.66. The van der Waals surface area contributed by atoms with E-state index in [9.17, 15) is 0 Å². The van der Waals surface area contributed by atoms with E-state index in [0.29, 0.717) is 0 Å². The number of hydrogen-bond donors (Lipinski definition) is 2. The summed E-state index contributed by atoms with van der Waals surface area (Å²) in [6.07, 6.45) is 0.932. The van der Waals surface area contributed by atoms with Crippen LogP contribution in [0.2, 0.25) is 0 Å². The minimum atomic E-state index is 0.756. The lowest BCUT2D eigenvalue weighted by Crippen LogP contribution is -2.38. The van der Waals surface area contributed by atoms with Gasteiger partial charge in [0.1, 0.15) is 5.75 Å². The van der Waals surface area contributed by atoms with E-state index in [0.717, 1.165) is 37.8 Å². The summed E-state index contributed by atoms with van der Waals surface area (Å²) in [5.74, 6) is 1.70. The molecule has 0 bridgehead atoms. The lowest BCUT2D eigenvalue weighted by atomic mass is 10.1. The molecule has 2 rings (SSSR count). The lowest BCUT2D eigenvalue weighted by molar-refractivity contribution is 0.400. The zero-order valence-corrected chi connectivity index (χ0v) is 16.2. The first-order chi connectivity index (χ1) is 12.6. The van der Waals surface area contributed by atoms with E-state index in [2.05, 4.69) is 71.0 Å². The molecule has 0 atom stereocenters. The van der Waals surface area contributed by atoms with E-state index in [-0.39, 0.29) is 0 Å². The van der Waals surface area contributed by atoms with Crippen LogP contribution in [0.15, 0.2) is 53.5 Å². The van der Waals surface area contributed by atoms with Gasteiger partial charge < -0.3 is 20.3 Å². The largest absolute Gasteiger partial charge is 0.497 e. The summed E-state index contributed by atoms with van der Waals surface area (Å²) < 4.78 is 5.19. The number of nitrogens with zero attached hydrogens (tertiary/aromatic N) is 2. The Morgan fingerprint density at radius 3 is 2.31 bits per heavy atom. The van der Waals surface area contributed by atoms with Crippen molar-refractivity contribution in [2.75, 3.05) is 34.8 Å². The molecule has 2 aromatic rings. The van der Waals surface area contributed by atoms with Gasteiger partial charge in [-0.05, 0) is 49.3 Å². The molecule has 0 unspecified atom stereocenters. The van der Waals surface area contributed by atoms with Crippen LogP contribution < -0.4 is 15.4 Å². The highest BCUT2D eigenvalue weighted by molar-refractivity contribution is 5.79. The third-order valence-electron chi connectivity index (χ3n) is 4.14. The van der Waals surface area contributed by atoms with Gasteiger partial charge in [0.2, 0.25) is 0 Å². The Morgan fingerprint density at radius 1 is 1.00 bits per heavy atom. The number of guanidine groups is 1. The smallest absolute Gasteiger partial charge is 0.191 e. The van der Waals surface area contributed by atoms with Crippen LogP contribution in [0, 0.1) is 0 Å².